The maximum absolute atomic E-state index is 13.2. The number of rotatable bonds is 4. The number of hydrogen-bond acceptors (Lipinski definition) is 3. The van der Waals surface area contributed by atoms with Gasteiger partial charge in [-0.1, -0.05) is 12.1 Å². The van der Waals surface area contributed by atoms with E-state index in [1.807, 2.05) is 22.6 Å². The van der Waals surface area contributed by atoms with E-state index in [0.717, 1.165) is 0 Å². The fourth-order valence-corrected chi connectivity index (χ4v) is 2.80. The highest BCUT2D eigenvalue weighted by molar-refractivity contribution is 14.1. The lowest BCUT2D eigenvalue weighted by Crippen LogP contribution is -2.06. The molecule has 2 rings (SSSR count). The Morgan fingerprint density at radius 1 is 1.10 bits per heavy atom. The van der Waals surface area contributed by atoms with E-state index in [2.05, 4.69) is 0 Å². The molecule has 0 aliphatic carbocycles. The van der Waals surface area contributed by atoms with Gasteiger partial charge in [-0.3, -0.25) is 0 Å². The molecule has 0 aromatic heterocycles. The molecule has 0 spiro atoms. The summed E-state index contributed by atoms with van der Waals surface area (Å²) in [4.78, 5) is 0. The van der Waals surface area contributed by atoms with Crippen molar-refractivity contribution >= 4 is 22.6 Å². The zero-order valence-corrected chi connectivity index (χ0v) is 13.2. The maximum Gasteiger partial charge on any atom is 0.128 e. The van der Waals surface area contributed by atoms with Gasteiger partial charge in [0.15, 0.2) is 0 Å². The van der Waals surface area contributed by atoms with Crippen LogP contribution in [-0.2, 0) is 0 Å². The van der Waals surface area contributed by atoms with Gasteiger partial charge < -0.3 is 14.6 Å². The van der Waals surface area contributed by atoms with Crippen molar-refractivity contribution in [3.63, 3.8) is 0 Å². The van der Waals surface area contributed by atoms with Crippen LogP contribution in [0.1, 0.15) is 17.2 Å². The molecular weight excluding hydrogens is 374 g/mol. The van der Waals surface area contributed by atoms with E-state index in [0.29, 0.717) is 26.2 Å². The molecule has 1 atom stereocenters. The van der Waals surface area contributed by atoms with Crippen LogP contribution in [0.25, 0.3) is 0 Å². The van der Waals surface area contributed by atoms with Crippen LogP contribution in [0, 0.1) is 9.39 Å². The van der Waals surface area contributed by atoms with E-state index < -0.39 is 6.10 Å². The lowest BCUT2D eigenvalue weighted by atomic mass is 9.99. The largest absolute Gasteiger partial charge is 0.496 e. The minimum absolute atomic E-state index is 0.336. The summed E-state index contributed by atoms with van der Waals surface area (Å²) in [5.41, 5.74) is 1.14. The quantitative estimate of drug-likeness (QED) is 0.815. The highest BCUT2D eigenvalue weighted by atomic mass is 127. The Bertz CT molecular complexity index is 594. The Morgan fingerprint density at radius 3 is 2.20 bits per heavy atom. The molecule has 0 saturated heterocycles. The van der Waals surface area contributed by atoms with Gasteiger partial charge in [-0.15, -0.1) is 0 Å². The van der Waals surface area contributed by atoms with Gasteiger partial charge in [-0.05, 0) is 52.4 Å². The van der Waals surface area contributed by atoms with Gasteiger partial charge in [0.25, 0.3) is 0 Å². The summed E-state index contributed by atoms with van der Waals surface area (Å²) < 4.78 is 24.4. The Hall–Kier alpha value is -1.34. The second-order valence-corrected chi connectivity index (χ2v) is 5.31. The molecule has 0 saturated carbocycles. The van der Waals surface area contributed by atoms with Crippen LogP contribution >= 0.6 is 22.6 Å². The van der Waals surface area contributed by atoms with Crippen LogP contribution in [0.15, 0.2) is 36.4 Å². The maximum atomic E-state index is 13.2. The Kier molecular flexibility index (Phi) is 4.82. The summed E-state index contributed by atoms with van der Waals surface area (Å²) in [5, 5.41) is 10.6. The minimum atomic E-state index is -0.950. The first kappa shape index (κ1) is 15.1. The molecule has 2 aromatic carbocycles. The fraction of sp³-hybridized carbons (Fsp3) is 0.200. The van der Waals surface area contributed by atoms with Crippen LogP contribution < -0.4 is 9.47 Å². The predicted octanol–water partition coefficient (Wildman–Crippen LogP) is 3.53. The molecule has 20 heavy (non-hydrogen) atoms. The average molecular weight is 388 g/mol. The van der Waals surface area contributed by atoms with Crippen molar-refractivity contribution < 1.29 is 19.0 Å². The lowest BCUT2D eigenvalue weighted by molar-refractivity contribution is 0.208. The van der Waals surface area contributed by atoms with Gasteiger partial charge in [-0.25, -0.2) is 4.39 Å². The van der Waals surface area contributed by atoms with Gasteiger partial charge >= 0.3 is 0 Å². The van der Waals surface area contributed by atoms with Gasteiger partial charge in [0.1, 0.15) is 23.4 Å². The molecule has 0 fully saturated rings. The van der Waals surface area contributed by atoms with Crippen molar-refractivity contribution in [3.05, 3.63) is 56.9 Å². The monoisotopic (exact) mass is 388 g/mol. The molecule has 0 radical (unpaired) electrons. The standard InChI is InChI=1S/C15H14FIO3/c1-19-12-4-3-5-13(20-2)14(12)15(18)10-7-6-9(16)8-11(10)17/h3-8,15,18H,1-2H3. The number of aliphatic hydroxyl groups excluding tert-OH is 1. The number of hydrogen-bond donors (Lipinski definition) is 1. The molecule has 1 unspecified atom stereocenters. The summed E-state index contributed by atoms with van der Waals surface area (Å²) >= 11 is 1.99. The fourth-order valence-electron chi connectivity index (χ4n) is 2.03. The van der Waals surface area contributed by atoms with Crippen molar-refractivity contribution in [1.29, 1.82) is 0 Å². The molecule has 5 heteroatoms. The first-order valence-corrected chi connectivity index (χ1v) is 7.00. The van der Waals surface area contributed by atoms with Crippen LogP contribution in [-0.4, -0.2) is 19.3 Å². The third-order valence-electron chi connectivity index (χ3n) is 3.00. The molecule has 3 nitrogen and oxygen atoms in total. The van der Waals surface area contributed by atoms with Crippen LogP contribution in [0.3, 0.4) is 0 Å². The van der Waals surface area contributed by atoms with Gasteiger partial charge in [-0.2, -0.15) is 0 Å². The summed E-state index contributed by atoms with van der Waals surface area (Å²) in [6.45, 7) is 0. The molecule has 0 amide bonds. The molecular formula is C15H14FIO3. The molecule has 0 aliphatic heterocycles. The minimum Gasteiger partial charge on any atom is -0.496 e. The van der Waals surface area contributed by atoms with E-state index in [9.17, 15) is 9.50 Å². The molecule has 0 bridgehead atoms. The topological polar surface area (TPSA) is 38.7 Å². The molecule has 2 aromatic rings. The lowest BCUT2D eigenvalue weighted by Gasteiger charge is -2.19. The van der Waals surface area contributed by atoms with Gasteiger partial charge in [0.2, 0.25) is 0 Å². The predicted molar refractivity (Wildman–Crippen MR) is 82.7 cm³/mol. The zero-order valence-electron chi connectivity index (χ0n) is 11.1. The van der Waals surface area contributed by atoms with E-state index in [-0.39, 0.29) is 5.82 Å². The normalized spacial score (nSPS) is 12.1. The smallest absolute Gasteiger partial charge is 0.128 e. The molecule has 106 valence electrons. The zero-order chi connectivity index (χ0) is 14.7. The SMILES string of the molecule is COc1cccc(OC)c1C(O)c1ccc(F)cc1I. The van der Waals surface area contributed by atoms with Crippen LogP contribution in [0.2, 0.25) is 0 Å². The molecule has 0 heterocycles. The van der Waals surface area contributed by atoms with E-state index in [4.69, 9.17) is 9.47 Å². The summed E-state index contributed by atoms with van der Waals surface area (Å²) in [6.07, 6.45) is -0.950. The van der Waals surface area contributed by atoms with Crippen molar-refractivity contribution in [2.24, 2.45) is 0 Å². The highest BCUT2D eigenvalue weighted by Crippen LogP contribution is 2.38. The number of ether oxygens (including phenoxy) is 2. The third kappa shape index (κ3) is 2.88. The summed E-state index contributed by atoms with van der Waals surface area (Å²) in [5.74, 6) is 0.714. The van der Waals surface area contributed by atoms with Crippen LogP contribution in [0.5, 0.6) is 11.5 Å². The first-order valence-electron chi connectivity index (χ1n) is 5.92. The number of halogens is 2. The van der Waals surface area contributed by atoms with Crippen molar-refractivity contribution in [3.8, 4) is 11.5 Å². The highest BCUT2D eigenvalue weighted by Gasteiger charge is 2.22. The Morgan fingerprint density at radius 2 is 1.70 bits per heavy atom. The van der Waals surface area contributed by atoms with E-state index in [1.165, 1.54) is 26.4 Å². The number of benzene rings is 2. The molecule has 1 N–H and O–H groups in total. The Labute approximate surface area is 130 Å². The van der Waals surface area contributed by atoms with Gasteiger partial charge in [0, 0.05) is 3.57 Å². The van der Waals surface area contributed by atoms with Crippen molar-refractivity contribution in [2.75, 3.05) is 14.2 Å². The van der Waals surface area contributed by atoms with Gasteiger partial charge in [0.05, 0.1) is 19.8 Å². The van der Waals surface area contributed by atoms with Crippen LogP contribution in [0.4, 0.5) is 4.39 Å². The second-order valence-electron chi connectivity index (χ2n) is 4.14. The van der Waals surface area contributed by atoms with E-state index >= 15 is 0 Å². The Balaban J connectivity index is 2.55. The number of methoxy groups -OCH3 is 2. The number of aliphatic hydroxyl groups is 1. The average Bonchev–Trinajstić information content (AvgIpc) is 2.45. The summed E-state index contributed by atoms with van der Waals surface area (Å²) in [6, 6.07) is 9.54. The first-order chi connectivity index (χ1) is 9.58. The third-order valence-corrected chi connectivity index (χ3v) is 3.93. The summed E-state index contributed by atoms with van der Waals surface area (Å²) in [7, 11) is 3.06. The second kappa shape index (κ2) is 6.41. The van der Waals surface area contributed by atoms with Crippen molar-refractivity contribution in [2.45, 2.75) is 6.10 Å². The van der Waals surface area contributed by atoms with Crippen molar-refractivity contribution in [1.82, 2.24) is 0 Å². The van der Waals surface area contributed by atoms with E-state index in [1.54, 1.807) is 24.3 Å². The molecule has 0 aliphatic rings.